The lowest BCUT2D eigenvalue weighted by atomic mass is 9.70. The van der Waals surface area contributed by atoms with Gasteiger partial charge in [-0.05, 0) is 69.2 Å². The first-order valence-electron chi connectivity index (χ1n) is 17.2. The fourth-order valence-electron chi connectivity index (χ4n) is 7.90. The summed E-state index contributed by atoms with van der Waals surface area (Å²) in [6, 6.07) is 13.6. The Balaban J connectivity index is 1.49. The van der Waals surface area contributed by atoms with Crippen LogP contribution in [-0.2, 0) is 28.7 Å². The number of esters is 1. The molecule has 0 aliphatic carbocycles. The largest absolute Gasteiger partial charge is 0.455 e. The Hall–Kier alpha value is -4.28. The van der Waals surface area contributed by atoms with Crippen LogP contribution in [0.2, 0.25) is 0 Å². The summed E-state index contributed by atoms with van der Waals surface area (Å²) >= 11 is 0. The molecule has 0 radical (unpaired) electrons. The van der Waals surface area contributed by atoms with Crippen molar-refractivity contribution in [2.75, 3.05) is 31.6 Å². The Labute approximate surface area is 289 Å². The molecular weight excluding hydrogens is 622 g/mol. The predicted molar refractivity (Wildman–Crippen MR) is 186 cm³/mol. The van der Waals surface area contributed by atoms with Crippen molar-refractivity contribution in [3.05, 3.63) is 90.5 Å². The lowest BCUT2D eigenvalue weighted by molar-refractivity contribution is -0.164. The van der Waals surface area contributed by atoms with Gasteiger partial charge in [-0.15, -0.1) is 13.2 Å². The highest BCUT2D eigenvalue weighted by molar-refractivity contribution is 6.05. The van der Waals surface area contributed by atoms with Gasteiger partial charge in [0, 0.05) is 38.9 Å². The molecule has 3 aliphatic heterocycles. The van der Waals surface area contributed by atoms with E-state index < -0.39 is 47.7 Å². The fraction of sp³-hybridized carbons (Fsp3) is 0.487. The quantitative estimate of drug-likeness (QED) is 0.216. The molecule has 3 amide bonds. The molecule has 49 heavy (non-hydrogen) atoms. The SMILES string of the molecule is C=CCCC(=O)N(C)[C@H](C)[C@H](OC(=O)[C@@H]1[C@@H]2CC[C@]3(O2)[C@H](C(=O)N(CC=C)c2cc(C)ccc2C)N(CCCO)C(=O)[C@@H]13)c1ccccc1. The van der Waals surface area contributed by atoms with Crippen LogP contribution in [0.3, 0.4) is 0 Å². The minimum Gasteiger partial charge on any atom is -0.455 e. The molecule has 0 saturated carbocycles. The van der Waals surface area contributed by atoms with Crippen molar-refractivity contribution >= 4 is 29.4 Å². The minimum absolute atomic E-state index is 0.105. The number of ether oxygens (including phenoxy) is 2. The van der Waals surface area contributed by atoms with Crippen molar-refractivity contribution in [2.45, 2.75) is 82.8 Å². The predicted octanol–water partition coefficient (Wildman–Crippen LogP) is 4.68. The van der Waals surface area contributed by atoms with E-state index in [-0.39, 0.29) is 50.3 Å². The van der Waals surface area contributed by atoms with Gasteiger partial charge in [-0.1, -0.05) is 54.6 Å². The zero-order valence-corrected chi connectivity index (χ0v) is 29.0. The Morgan fingerprint density at radius 1 is 1.14 bits per heavy atom. The molecule has 2 bridgehead atoms. The third-order valence-electron chi connectivity index (χ3n) is 10.5. The molecule has 2 aromatic rings. The molecule has 3 aliphatic rings. The molecule has 10 nitrogen and oxygen atoms in total. The molecule has 262 valence electrons. The summed E-state index contributed by atoms with van der Waals surface area (Å²) in [6.45, 7) is 13.5. The molecule has 0 aromatic heterocycles. The molecule has 3 saturated heterocycles. The number of rotatable bonds is 15. The van der Waals surface area contributed by atoms with Gasteiger partial charge in [0.2, 0.25) is 11.8 Å². The van der Waals surface area contributed by atoms with Crippen molar-refractivity contribution in [3.8, 4) is 0 Å². The first kappa shape index (κ1) is 36.0. The van der Waals surface area contributed by atoms with E-state index in [0.717, 1.165) is 16.7 Å². The summed E-state index contributed by atoms with van der Waals surface area (Å²) < 4.78 is 13.0. The molecular formula is C39H49N3O7. The number of likely N-dealkylation sites (tertiary alicyclic amines) is 1. The zero-order chi connectivity index (χ0) is 35.5. The molecule has 3 heterocycles. The number of allylic oxidation sites excluding steroid dienone is 1. The van der Waals surface area contributed by atoms with E-state index in [4.69, 9.17) is 9.47 Å². The Morgan fingerprint density at radius 2 is 1.88 bits per heavy atom. The van der Waals surface area contributed by atoms with Gasteiger partial charge >= 0.3 is 5.97 Å². The third kappa shape index (κ3) is 6.68. The monoisotopic (exact) mass is 671 g/mol. The van der Waals surface area contributed by atoms with Crippen LogP contribution in [0.4, 0.5) is 5.69 Å². The first-order valence-corrected chi connectivity index (χ1v) is 17.2. The number of anilines is 1. The highest BCUT2D eigenvalue weighted by Gasteiger charge is 2.75. The topological polar surface area (TPSA) is 117 Å². The normalized spacial score (nSPS) is 25.0. The number of hydrogen-bond donors (Lipinski definition) is 1. The number of likely N-dealkylation sites (N-methyl/N-ethyl adjacent to an activating group) is 1. The zero-order valence-electron chi connectivity index (χ0n) is 29.0. The lowest BCUT2D eigenvalue weighted by Crippen LogP contribution is -2.56. The first-order chi connectivity index (χ1) is 23.5. The second-order valence-corrected chi connectivity index (χ2v) is 13.5. The van der Waals surface area contributed by atoms with Crippen molar-refractivity contribution in [1.29, 1.82) is 0 Å². The maximum Gasteiger partial charge on any atom is 0.313 e. The van der Waals surface area contributed by atoms with Crippen molar-refractivity contribution in [3.63, 3.8) is 0 Å². The van der Waals surface area contributed by atoms with E-state index in [2.05, 4.69) is 13.2 Å². The Bertz CT molecular complexity index is 1580. The lowest BCUT2D eigenvalue weighted by Gasteiger charge is -2.37. The van der Waals surface area contributed by atoms with Crippen LogP contribution < -0.4 is 4.90 Å². The number of aliphatic hydroxyl groups is 1. The second-order valence-electron chi connectivity index (χ2n) is 13.5. The fourth-order valence-corrected chi connectivity index (χ4v) is 7.90. The molecule has 2 aromatic carbocycles. The smallest absolute Gasteiger partial charge is 0.313 e. The summed E-state index contributed by atoms with van der Waals surface area (Å²) in [5.41, 5.74) is 2.08. The summed E-state index contributed by atoms with van der Waals surface area (Å²) in [6.07, 6.45) is 3.91. The number of aryl methyl sites for hydroxylation is 2. The second kappa shape index (κ2) is 15.1. The van der Waals surface area contributed by atoms with E-state index in [1.54, 1.807) is 29.0 Å². The van der Waals surface area contributed by atoms with Crippen LogP contribution >= 0.6 is 0 Å². The van der Waals surface area contributed by atoms with Crippen LogP contribution in [0.15, 0.2) is 73.8 Å². The van der Waals surface area contributed by atoms with E-state index in [0.29, 0.717) is 24.9 Å². The summed E-state index contributed by atoms with van der Waals surface area (Å²) in [7, 11) is 1.69. The number of amides is 3. The van der Waals surface area contributed by atoms with Gasteiger partial charge in [-0.25, -0.2) is 0 Å². The minimum atomic E-state index is -1.24. The molecule has 1 N–H and O–H groups in total. The van der Waals surface area contributed by atoms with Crippen molar-refractivity contribution in [1.82, 2.24) is 9.80 Å². The number of carbonyl (C=O) groups excluding carboxylic acids is 4. The number of fused-ring (bicyclic) bond motifs is 1. The van der Waals surface area contributed by atoms with Gasteiger partial charge in [-0.2, -0.15) is 0 Å². The number of aliphatic hydroxyl groups excluding tert-OH is 1. The van der Waals surface area contributed by atoms with Gasteiger partial charge in [0.15, 0.2) is 0 Å². The molecule has 3 fully saturated rings. The number of carbonyl (C=O) groups is 4. The number of nitrogens with zero attached hydrogens (tertiary/aromatic N) is 3. The van der Waals surface area contributed by atoms with Crippen LogP contribution in [-0.4, -0.2) is 89.1 Å². The van der Waals surface area contributed by atoms with Crippen LogP contribution in [0, 0.1) is 25.7 Å². The van der Waals surface area contributed by atoms with Gasteiger partial charge in [0.1, 0.15) is 17.7 Å². The van der Waals surface area contributed by atoms with Gasteiger partial charge in [0.25, 0.3) is 5.91 Å². The van der Waals surface area contributed by atoms with E-state index >= 15 is 0 Å². The molecule has 5 rings (SSSR count). The van der Waals surface area contributed by atoms with Gasteiger partial charge < -0.3 is 29.3 Å². The average Bonchev–Trinajstić information content (AvgIpc) is 3.75. The van der Waals surface area contributed by atoms with E-state index in [9.17, 15) is 24.3 Å². The van der Waals surface area contributed by atoms with Crippen LogP contribution in [0.5, 0.6) is 0 Å². The van der Waals surface area contributed by atoms with Crippen LogP contribution in [0.1, 0.15) is 61.8 Å². The van der Waals surface area contributed by atoms with E-state index in [1.807, 2.05) is 69.3 Å². The van der Waals surface area contributed by atoms with Crippen LogP contribution in [0.25, 0.3) is 0 Å². The number of benzene rings is 2. The standard InChI is InChI=1S/C39H49N3O7/c1-7-9-16-31(44)40(6)27(5)34(28-14-11-10-12-15-28)48-38(47)32-30-19-20-39(49-30)33(32)36(45)42(22-13-23-43)35(39)37(46)41(21-8-2)29-24-25(3)17-18-26(29)4/h7-8,10-12,14-15,17-18,24,27,30,32-35,43H,1-2,9,13,16,19-23H2,3-6H3/t27-,30+,32-,33-,34+,35+,39-/m1/s1. The van der Waals surface area contributed by atoms with Gasteiger partial charge in [0.05, 0.1) is 24.0 Å². The highest BCUT2D eigenvalue weighted by atomic mass is 16.6. The van der Waals surface area contributed by atoms with E-state index in [1.165, 1.54) is 4.90 Å². The molecule has 10 heteroatoms. The molecule has 1 spiro atoms. The summed E-state index contributed by atoms with van der Waals surface area (Å²) in [5, 5.41) is 9.76. The maximum atomic E-state index is 14.8. The third-order valence-corrected chi connectivity index (χ3v) is 10.5. The van der Waals surface area contributed by atoms with Gasteiger partial charge in [-0.3, -0.25) is 19.2 Å². The average molecular weight is 672 g/mol. The summed E-state index contributed by atoms with van der Waals surface area (Å²) in [5.74, 6) is -3.24. The molecule has 0 unspecified atom stereocenters. The summed E-state index contributed by atoms with van der Waals surface area (Å²) in [4.78, 5) is 61.3. The Kier molecular flexibility index (Phi) is 11.1. The van der Waals surface area contributed by atoms with Crippen molar-refractivity contribution < 1.29 is 33.8 Å². The maximum absolute atomic E-state index is 14.8. The highest BCUT2D eigenvalue weighted by Crippen LogP contribution is 2.59. The number of hydrogen-bond acceptors (Lipinski definition) is 7. The molecule has 7 atom stereocenters. The van der Waals surface area contributed by atoms with Crippen molar-refractivity contribution in [2.24, 2.45) is 11.8 Å². The Morgan fingerprint density at radius 3 is 2.55 bits per heavy atom.